The largest absolute Gasteiger partial charge is 0.310 e. The van der Waals surface area contributed by atoms with Gasteiger partial charge in [-0.25, -0.2) is 0 Å². The van der Waals surface area contributed by atoms with Crippen LogP contribution in [0.1, 0.15) is 30.5 Å². The van der Waals surface area contributed by atoms with E-state index in [4.69, 9.17) is 11.6 Å². The summed E-state index contributed by atoms with van der Waals surface area (Å²) in [5.74, 6) is 0. The maximum absolute atomic E-state index is 6.37. The molecule has 1 unspecified atom stereocenters. The second-order valence-electron chi connectivity index (χ2n) is 4.97. The first kappa shape index (κ1) is 17.0. The Balaban J connectivity index is 2.26. The lowest BCUT2D eigenvalue weighted by atomic mass is 9.98. The van der Waals surface area contributed by atoms with Crippen molar-refractivity contribution in [2.45, 2.75) is 25.8 Å². The molecule has 0 heterocycles. The highest BCUT2D eigenvalue weighted by Crippen LogP contribution is 2.29. The van der Waals surface area contributed by atoms with Gasteiger partial charge in [-0.15, -0.1) is 0 Å². The van der Waals surface area contributed by atoms with Crippen LogP contribution in [0.15, 0.2) is 51.4 Å². The summed E-state index contributed by atoms with van der Waals surface area (Å²) in [7, 11) is 0. The van der Waals surface area contributed by atoms with E-state index in [-0.39, 0.29) is 6.04 Å². The Labute approximate surface area is 148 Å². The highest BCUT2D eigenvalue weighted by molar-refractivity contribution is 9.10. The van der Waals surface area contributed by atoms with Gasteiger partial charge in [0.05, 0.1) is 0 Å². The lowest BCUT2D eigenvalue weighted by molar-refractivity contribution is 0.527. The van der Waals surface area contributed by atoms with Gasteiger partial charge in [0.1, 0.15) is 0 Å². The smallest absolute Gasteiger partial charge is 0.0449 e. The molecule has 1 N–H and O–H groups in total. The van der Waals surface area contributed by atoms with Crippen molar-refractivity contribution < 1.29 is 0 Å². The number of halogens is 3. The average molecular weight is 432 g/mol. The Kier molecular flexibility index (Phi) is 6.74. The van der Waals surface area contributed by atoms with Gasteiger partial charge in [-0.05, 0) is 48.7 Å². The minimum absolute atomic E-state index is 0.249. The molecule has 0 saturated carbocycles. The number of nitrogens with one attached hydrogen (secondary N) is 1. The van der Waals surface area contributed by atoms with Crippen molar-refractivity contribution in [3.63, 3.8) is 0 Å². The van der Waals surface area contributed by atoms with Gasteiger partial charge in [0.15, 0.2) is 0 Å². The predicted molar refractivity (Wildman–Crippen MR) is 98.0 cm³/mol. The summed E-state index contributed by atoms with van der Waals surface area (Å²) in [6.07, 6.45) is 1.98. The average Bonchev–Trinajstić information content (AvgIpc) is 2.46. The standard InChI is InChI=1S/C17H18Br2ClN/c1-2-9-21-17(14-5-3-4-6-15(14)19)10-12-7-8-13(18)11-16(12)20/h3-8,11,17,21H,2,9-10H2,1H3. The molecule has 2 aromatic rings. The molecule has 21 heavy (non-hydrogen) atoms. The van der Waals surface area contributed by atoms with Crippen LogP contribution in [-0.2, 0) is 6.42 Å². The first-order valence-electron chi connectivity index (χ1n) is 7.03. The summed E-state index contributed by atoms with van der Waals surface area (Å²) in [5.41, 5.74) is 2.43. The zero-order valence-electron chi connectivity index (χ0n) is 11.9. The van der Waals surface area contributed by atoms with Crippen LogP contribution in [0, 0.1) is 0 Å². The van der Waals surface area contributed by atoms with Crippen LogP contribution >= 0.6 is 43.5 Å². The quantitative estimate of drug-likeness (QED) is 0.579. The molecule has 0 saturated heterocycles. The Morgan fingerprint density at radius 2 is 1.90 bits per heavy atom. The minimum atomic E-state index is 0.249. The van der Waals surface area contributed by atoms with Crippen molar-refractivity contribution in [2.24, 2.45) is 0 Å². The molecule has 2 aromatic carbocycles. The normalized spacial score (nSPS) is 12.4. The Bertz CT molecular complexity index is 601. The Morgan fingerprint density at radius 3 is 2.57 bits per heavy atom. The summed E-state index contributed by atoms with van der Waals surface area (Å²) >= 11 is 13.5. The number of benzene rings is 2. The second kappa shape index (κ2) is 8.33. The van der Waals surface area contributed by atoms with Crippen molar-refractivity contribution in [3.05, 3.63) is 67.6 Å². The molecule has 0 radical (unpaired) electrons. The van der Waals surface area contributed by atoms with Crippen LogP contribution in [-0.4, -0.2) is 6.54 Å². The van der Waals surface area contributed by atoms with Crippen molar-refractivity contribution in [1.82, 2.24) is 5.32 Å². The van der Waals surface area contributed by atoms with Crippen LogP contribution in [0.3, 0.4) is 0 Å². The third-order valence-corrected chi connectivity index (χ3v) is 4.93. The molecular weight excluding hydrogens is 413 g/mol. The first-order chi connectivity index (χ1) is 10.1. The van der Waals surface area contributed by atoms with E-state index in [1.54, 1.807) is 0 Å². The fourth-order valence-electron chi connectivity index (χ4n) is 2.28. The summed E-state index contributed by atoms with van der Waals surface area (Å²) in [6.45, 7) is 3.16. The lowest BCUT2D eigenvalue weighted by Gasteiger charge is -2.21. The molecular formula is C17H18Br2ClN. The van der Waals surface area contributed by atoms with E-state index >= 15 is 0 Å². The number of hydrogen-bond donors (Lipinski definition) is 1. The lowest BCUT2D eigenvalue weighted by Crippen LogP contribution is -2.24. The van der Waals surface area contributed by atoms with Crippen LogP contribution in [0.25, 0.3) is 0 Å². The molecule has 1 atom stereocenters. The fourth-order valence-corrected chi connectivity index (χ4v) is 3.59. The van der Waals surface area contributed by atoms with E-state index in [9.17, 15) is 0 Å². The van der Waals surface area contributed by atoms with E-state index in [0.717, 1.165) is 38.9 Å². The van der Waals surface area contributed by atoms with E-state index in [0.29, 0.717) is 0 Å². The van der Waals surface area contributed by atoms with Crippen LogP contribution in [0.4, 0.5) is 0 Å². The fraction of sp³-hybridized carbons (Fsp3) is 0.294. The molecule has 0 amide bonds. The zero-order valence-corrected chi connectivity index (χ0v) is 15.8. The molecule has 0 bridgehead atoms. The molecule has 0 aliphatic heterocycles. The molecule has 0 fully saturated rings. The van der Waals surface area contributed by atoms with Gasteiger partial charge in [-0.2, -0.15) is 0 Å². The zero-order chi connectivity index (χ0) is 15.2. The van der Waals surface area contributed by atoms with Gasteiger partial charge in [0.2, 0.25) is 0 Å². The van der Waals surface area contributed by atoms with Gasteiger partial charge in [-0.1, -0.05) is 74.7 Å². The summed E-state index contributed by atoms with van der Waals surface area (Å²) in [5, 5.41) is 4.42. The molecule has 1 nitrogen and oxygen atoms in total. The highest BCUT2D eigenvalue weighted by atomic mass is 79.9. The number of hydrogen-bond acceptors (Lipinski definition) is 1. The van der Waals surface area contributed by atoms with Gasteiger partial charge < -0.3 is 5.32 Å². The molecule has 0 aliphatic rings. The van der Waals surface area contributed by atoms with Gasteiger partial charge >= 0.3 is 0 Å². The van der Waals surface area contributed by atoms with Crippen LogP contribution in [0.2, 0.25) is 5.02 Å². The maximum Gasteiger partial charge on any atom is 0.0449 e. The first-order valence-corrected chi connectivity index (χ1v) is 9.00. The van der Waals surface area contributed by atoms with Gasteiger partial charge in [0.25, 0.3) is 0 Å². The van der Waals surface area contributed by atoms with Crippen molar-refractivity contribution in [1.29, 1.82) is 0 Å². The van der Waals surface area contributed by atoms with E-state index in [1.165, 1.54) is 5.56 Å². The second-order valence-corrected chi connectivity index (χ2v) is 7.15. The monoisotopic (exact) mass is 429 g/mol. The van der Waals surface area contributed by atoms with Crippen molar-refractivity contribution >= 4 is 43.5 Å². The molecule has 0 spiro atoms. The SMILES string of the molecule is CCCNC(Cc1ccc(Br)cc1Cl)c1ccccc1Br. The van der Waals surface area contributed by atoms with Crippen LogP contribution in [0.5, 0.6) is 0 Å². The predicted octanol–water partition coefficient (Wildman–Crippen LogP) is 6.15. The molecule has 112 valence electrons. The Hall–Kier alpha value is -0.350. The highest BCUT2D eigenvalue weighted by Gasteiger charge is 2.15. The topological polar surface area (TPSA) is 12.0 Å². The number of rotatable bonds is 6. The molecule has 0 aromatic heterocycles. The summed E-state index contributed by atoms with van der Waals surface area (Å²) in [4.78, 5) is 0. The Morgan fingerprint density at radius 1 is 1.14 bits per heavy atom. The van der Waals surface area contributed by atoms with Gasteiger partial charge in [-0.3, -0.25) is 0 Å². The molecule has 0 aliphatic carbocycles. The van der Waals surface area contributed by atoms with E-state index in [2.05, 4.69) is 68.4 Å². The van der Waals surface area contributed by atoms with Crippen LogP contribution < -0.4 is 5.32 Å². The third-order valence-electron chi connectivity index (χ3n) is 3.36. The minimum Gasteiger partial charge on any atom is -0.310 e. The summed E-state index contributed by atoms with van der Waals surface area (Å²) < 4.78 is 2.14. The van der Waals surface area contributed by atoms with E-state index < -0.39 is 0 Å². The van der Waals surface area contributed by atoms with E-state index in [1.807, 2.05) is 18.2 Å². The summed E-state index contributed by atoms with van der Waals surface area (Å²) in [6, 6.07) is 14.7. The van der Waals surface area contributed by atoms with Gasteiger partial charge in [0, 0.05) is 20.0 Å². The van der Waals surface area contributed by atoms with Crippen molar-refractivity contribution in [3.8, 4) is 0 Å². The molecule has 4 heteroatoms. The third kappa shape index (κ3) is 4.82. The maximum atomic E-state index is 6.37. The van der Waals surface area contributed by atoms with Crippen molar-refractivity contribution in [2.75, 3.05) is 6.54 Å². The molecule has 2 rings (SSSR count).